The van der Waals surface area contributed by atoms with Crippen molar-refractivity contribution in [1.82, 2.24) is 0 Å². The van der Waals surface area contributed by atoms with Gasteiger partial charge in [-0.15, -0.1) is 11.3 Å². The van der Waals surface area contributed by atoms with Crippen LogP contribution >= 0.6 is 23.1 Å². The normalized spacial score (nSPS) is 13.6. The van der Waals surface area contributed by atoms with Gasteiger partial charge in [0.2, 0.25) is 0 Å². The number of para-hydroxylation sites is 1. The topological polar surface area (TPSA) is 3.24 Å². The van der Waals surface area contributed by atoms with Crippen LogP contribution in [-0.2, 0) is 5.41 Å². The molecule has 1 aromatic heterocycles. The fourth-order valence-electron chi connectivity index (χ4n) is 9.43. The molecule has 12 rings (SSSR count). The first kappa shape index (κ1) is 30.3. The summed E-state index contributed by atoms with van der Waals surface area (Å²) < 4.78 is 2.61. The second kappa shape index (κ2) is 11.4. The predicted molar refractivity (Wildman–Crippen MR) is 230 cm³/mol. The standard InChI is InChI=1S/C51H31NS2/c1-2-16-35(17-3-1)52(37-25-27-39-41-28-33-12-4-5-13-34(33)29-48(41)54-49(39)31-37)36-24-26-38-40-18-10-14-32-15-11-21-44(50(32)40)51(45(38)30-36)42-19-6-8-22-46(42)53-47-23-9-7-20-43(47)51/h1-31H. The van der Waals surface area contributed by atoms with E-state index >= 15 is 0 Å². The Morgan fingerprint density at radius 3 is 1.78 bits per heavy atom. The van der Waals surface area contributed by atoms with E-state index in [4.69, 9.17) is 0 Å². The molecule has 10 aromatic rings. The van der Waals surface area contributed by atoms with Gasteiger partial charge in [-0.2, -0.15) is 0 Å². The number of hydrogen-bond acceptors (Lipinski definition) is 3. The van der Waals surface area contributed by atoms with Crippen molar-refractivity contribution >= 4 is 81.9 Å². The predicted octanol–water partition coefficient (Wildman–Crippen LogP) is 14.7. The van der Waals surface area contributed by atoms with Crippen LogP contribution in [0.15, 0.2) is 198 Å². The Kier molecular flexibility index (Phi) is 6.42. The molecule has 0 radical (unpaired) electrons. The molecule has 1 nitrogen and oxygen atoms in total. The molecule has 9 aromatic carbocycles. The molecular weight excluding hydrogens is 691 g/mol. The quantitative estimate of drug-likeness (QED) is 0.179. The van der Waals surface area contributed by atoms with Crippen molar-refractivity contribution in [3.05, 3.63) is 210 Å². The Bertz CT molecular complexity index is 3110. The van der Waals surface area contributed by atoms with Crippen molar-refractivity contribution in [1.29, 1.82) is 0 Å². The Morgan fingerprint density at radius 2 is 0.981 bits per heavy atom. The largest absolute Gasteiger partial charge is 0.310 e. The smallest absolute Gasteiger partial charge is 0.0736 e. The van der Waals surface area contributed by atoms with Crippen LogP contribution in [0.2, 0.25) is 0 Å². The lowest BCUT2D eigenvalue weighted by Crippen LogP contribution is -2.36. The van der Waals surface area contributed by atoms with E-state index in [1.807, 2.05) is 23.1 Å². The van der Waals surface area contributed by atoms with Crippen molar-refractivity contribution in [3.63, 3.8) is 0 Å². The number of nitrogens with zero attached hydrogens (tertiary/aromatic N) is 1. The van der Waals surface area contributed by atoms with E-state index in [1.165, 1.54) is 84.9 Å². The Labute approximate surface area is 321 Å². The average Bonchev–Trinajstić information content (AvgIpc) is 3.58. The van der Waals surface area contributed by atoms with Crippen LogP contribution in [0.25, 0.3) is 52.8 Å². The summed E-state index contributed by atoms with van der Waals surface area (Å²) in [5, 5.41) is 7.82. The monoisotopic (exact) mass is 721 g/mol. The Morgan fingerprint density at radius 1 is 0.370 bits per heavy atom. The molecule has 0 bridgehead atoms. The molecule has 2 aliphatic rings. The molecule has 54 heavy (non-hydrogen) atoms. The highest BCUT2D eigenvalue weighted by molar-refractivity contribution is 7.99. The molecule has 0 fully saturated rings. The summed E-state index contributed by atoms with van der Waals surface area (Å²) in [5.41, 5.74) is 10.9. The number of benzene rings is 9. The SMILES string of the molecule is c1ccc(N(c2ccc3c(c2)C2(c4ccccc4Sc4ccccc42)c2cccc4cccc-3c24)c2ccc3c(c2)sc2cc4ccccc4cc23)cc1. The zero-order chi connectivity index (χ0) is 35.4. The number of hydrogen-bond donors (Lipinski definition) is 0. The molecular formula is C51H31NS2. The van der Waals surface area contributed by atoms with Crippen LogP contribution in [0.4, 0.5) is 17.1 Å². The van der Waals surface area contributed by atoms with Gasteiger partial charge in [-0.3, -0.25) is 0 Å². The van der Waals surface area contributed by atoms with E-state index in [-0.39, 0.29) is 0 Å². The maximum atomic E-state index is 2.50. The van der Waals surface area contributed by atoms with E-state index in [0.717, 1.165) is 17.1 Å². The minimum atomic E-state index is -0.503. The van der Waals surface area contributed by atoms with Crippen molar-refractivity contribution in [3.8, 4) is 11.1 Å². The molecule has 0 saturated carbocycles. The lowest BCUT2D eigenvalue weighted by Gasteiger charge is -2.46. The van der Waals surface area contributed by atoms with Crippen molar-refractivity contribution in [2.75, 3.05) is 4.90 Å². The molecule has 0 unspecified atom stereocenters. The van der Waals surface area contributed by atoms with Crippen LogP contribution < -0.4 is 4.90 Å². The van der Waals surface area contributed by atoms with Crippen LogP contribution in [0.1, 0.15) is 22.3 Å². The van der Waals surface area contributed by atoms with E-state index in [9.17, 15) is 0 Å². The van der Waals surface area contributed by atoms with Gasteiger partial charge in [-0.1, -0.05) is 139 Å². The van der Waals surface area contributed by atoms with Crippen LogP contribution in [0.3, 0.4) is 0 Å². The zero-order valence-electron chi connectivity index (χ0n) is 29.2. The van der Waals surface area contributed by atoms with Gasteiger partial charge >= 0.3 is 0 Å². The summed E-state index contributed by atoms with van der Waals surface area (Å²) in [6.07, 6.45) is 0. The van der Waals surface area contributed by atoms with E-state index in [0.29, 0.717) is 0 Å². The van der Waals surface area contributed by atoms with Crippen LogP contribution in [0.5, 0.6) is 0 Å². The Balaban J connectivity index is 1.15. The minimum absolute atomic E-state index is 0.503. The van der Waals surface area contributed by atoms with Gasteiger partial charge in [0.25, 0.3) is 0 Å². The maximum Gasteiger partial charge on any atom is 0.0736 e. The second-order valence-corrected chi connectivity index (χ2v) is 16.6. The van der Waals surface area contributed by atoms with E-state index < -0.39 is 5.41 Å². The summed E-state index contributed by atoms with van der Waals surface area (Å²) in [5.74, 6) is 0. The number of anilines is 3. The van der Waals surface area contributed by atoms with Gasteiger partial charge < -0.3 is 4.90 Å². The summed E-state index contributed by atoms with van der Waals surface area (Å²) in [6.45, 7) is 0. The van der Waals surface area contributed by atoms with E-state index in [2.05, 4.69) is 193 Å². The molecule has 0 saturated heterocycles. The third-order valence-corrected chi connectivity index (χ3v) is 13.9. The molecule has 0 N–H and O–H groups in total. The summed E-state index contributed by atoms with van der Waals surface area (Å²) in [7, 11) is 0. The first-order valence-corrected chi connectivity index (χ1v) is 20.1. The van der Waals surface area contributed by atoms with Gasteiger partial charge in [-0.25, -0.2) is 0 Å². The summed E-state index contributed by atoms with van der Waals surface area (Å²) in [6, 6.07) is 70.4. The maximum absolute atomic E-state index is 2.50. The fraction of sp³-hybridized carbons (Fsp3) is 0.0196. The van der Waals surface area contributed by atoms with Crippen LogP contribution in [0, 0.1) is 0 Å². The molecule has 1 aliphatic carbocycles. The summed E-state index contributed by atoms with van der Waals surface area (Å²) in [4.78, 5) is 5.07. The van der Waals surface area contributed by atoms with Gasteiger partial charge in [0.05, 0.1) is 5.41 Å². The number of fused-ring (bicyclic) bond motifs is 12. The number of rotatable bonds is 3. The third kappa shape index (κ3) is 4.17. The molecule has 3 heteroatoms. The van der Waals surface area contributed by atoms with Gasteiger partial charge in [-0.05, 0) is 116 Å². The lowest BCUT2D eigenvalue weighted by atomic mass is 9.59. The van der Waals surface area contributed by atoms with Crippen LogP contribution in [-0.4, -0.2) is 0 Å². The first-order valence-electron chi connectivity index (χ1n) is 18.5. The summed E-state index contributed by atoms with van der Waals surface area (Å²) >= 11 is 3.78. The highest BCUT2D eigenvalue weighted by Gasteiger charge is 2.48. The molecule has 2 heterocycles. The molecule has 252 valence electrons. The number of thiophene rings is 1. The first-order chi connectivity index (χ1) is 26.8. The Hall–Kier alpha value is -6.13. The van der Waals surface area contributed by atoms with Gasteiger partial charge in [0.15, 0.2) is 0 Å². The van der Waals surface area contributed by atoms with Crippen molar-refractivity contribution in [2.24, 2.45) is 0 Å². The van der Waals surface area contributed by atoms with E-state index in [1.54, 1.807) is 0 Å². The van der Waals surface area contributed by atoms with Crippen molar-refractivity contribution in [2.45, 2.75) is 15.2 Å². The van der Waals surface area contributed by atoms with Gasteiger partial charge in [0, 0.05) is 47.0 Å². The minimum Gasteiger partial charge on any atom is -0.310 e. The third-order valence-electron chi connectivity index (χ3n) is 11.7. The molecule has 0 atom stereocenters. The van der Waals surface area contributed by atoms with Gasteiger partial charge in [0.1, 0.15) is 0 Å². The molecule has 0 amide bonds. The second-order valence-electron chi connectivity index (χ2n) is 14.4. The molecule has 1 spiro atoms. The highest BCUT2D eigenvalue weighted by atomic mass is 32.2. The van der Waals surface area contributed by atoms with Crippen molar-refractivity contribution < 1.29 is 0 Å². The molecule has 1 aliphatic heterocycles. The average molecular weight is 722 g/mol. The fourth-order valence-corrected chi connectivity index (χ4v) is 11.8. The zero-order valence-corrected chi connectivity index (χ0v) is 30.8. The lowest BCUT2D eigenvalue weighted by molar-refractivity contribution is 0.707. The highest BCUT2D eigenvalue weighted by Crippen LogP contribution is 2.62.